The Balaban J connectivity index is 2.06. The zero-order chi connectivity index (χ0) is 16.7. The second-order valence-electron chi connectivity index (χ2n) is 5.09. The summed E-state index contributed by atoms with van der Waals surface area (Å²) in [4.78, 5) is 12.1. The molecule has 0 atom stereocenters. The maximum absolute atomic E-state index is 12.1. The van der Waals surface area contributed by atoms with Gasteiger partial charge in [-0.1, -0.05) is 48.5 Å². The van der Waals surface area contributed by atoms with Crippen molar-refractivity contribution in [1.82, 2.24) is 0 Å². The van der Waals surface area contributed by atoms with Crippen LogP contribution in [0.15, 0.2) is 66.8 Å². The van der Waals surface area contributed by atoms with E-state index in [4.69, 9.17) is 16.3 Å². The highest BCUT2D eigenvalue weighted by molar-refractivity contribution is 6.32. The fraction of sp³-hybridized carbons (Fsp3) is 0.105. The second kappa shape index (κ2) is 8.20. The number of nitrogens with one attached hydrogen (secondary N) is 1. The van der Waals surface area contributed by atoms with E-state index in [9.17, 15) is 4.79 Å². The summed E-state index contributed by atoms with van der Waals surface area (Å²) in [5, 5.41) is 3.40. The minimum Gasteiger partial charge on any atom is -0.487 e. The summed E-state index contributed by atoms with van der Waals surface area (Å²) in [6.07, 6.45) is 3.12. The molecule has 0 aliphatic rings. The summed E-state index contributed by atoms with van der Waals surface area (Å²) >= 11 is 6.05. The summed E-state index contributed by atoms with van der Waals surface area (Å²) in [5.74, 6) is 0.353. The van der Waals surface area contributed by atoms with E-state index < -0.39 is 0 Å². The molecule has 118 valence electrons. The molecule has 0 saturated carbocycles. The van der Waals surface area contributed by atoms with Crippen molar-refractivity contribution in [2.24, 2.45) is 0 Å². The number of ether oxygens (including phenoxy) is 1. The van der Waals surface area contributed by atoms with Gasteiger partial charge in [-0.25, -0.2) is 0 Å². The summed E-state index contributed by atoms with van der Waals surface area (Å²) in [5.41, 5.74) is 2.31. The first-order valence-corrected chi connectivity index (χ1v) is 7.54. The lowest BCUT2D eigenvalue weighted by Gasteiger charge is -2.11. The lowest BCUT2D eigenvalue weighted by atomic mass is 10.2. The molecule has 0 aliphatic carbocycles. The molecule has 23 heavy (non-hydrogen) atoms. The Bertz CT molecular complexity index is 738. The first-order valence-electron chi connectivity index (χ1n) is 7.16. The predicted octanol–water partition coefficient (Wildman–Crippen LogP) is 4.95. The Morgan fingerprint density at radius 1 is 1.22 bits per heavy atom. The monoisotopic (exact) mass is 327 g/mol. The molecule has 0 bridgehead atoms. The maximum atomic E-state index is 12.1. The van der Waals surface area contributed by atoms with Gasteiger partial charge in [-0.2, -0.15) is 0 Å². The van der Waals surface area contributed by atoms with E-state index >= 15 is 0 Å². The average molecular weight is 328 g/mol. The van der Waals surface area contributed by atoms with Crippen molar-refractivity contribution in [3.63, 3.8) is 0 Å². The number of hydrogen-bond acceptors (Lipinski definition) is 2. The molecule has 2 aromatic rings. The van der Waals surface area contributed by atoms with E-state index in [1.807, 2.05) is 37.3 Å². The van der Waals surface area contributed by atoms with Crippen molar-refractivity contribution in [3.05, 3.63) is 77.3 Å². The Labute approximate surface area is 141 Å². The molecule has 0 heterocycles. The zero-order valence-electron chi connectivity index (χ0n) is 12.9. The smallest absolute Gasteiger partial charge is 0.248 e. The SMILES string of the molecule is C=C(C)COc1ccccc1NC(=O)/C=C/c1ccccc1Cl. The van der Waals surface area contributed by atoms with Crippen LogP contribution in [0.25, 0.3) is 6.08 Å². The van der Waals surface area contributed by atoms with Crippen molar-refractivity contribution in [1.29, 1.82) is 0 Å². The number of rotatable bonds is 6. The van der Waals surface area contributed by atoms with Crippen molar-refractivity contribution < 1.29 is 9.53 Å². The van der Waals surface area contributed by atoms with E-state index in [0.29, 0.717) is 23.1 Å². The van der Waals surface area contributed by atoms with Crippen LogP contribution < -0.4 is 10.1 Å². The van der Waals surface area contributed by atoms with Crippen LogP contribution >= 0.6 is 11.6 Å². The normalized spacial score (nSPS) is 10.5. The lowest BCUT2D eigenvalue weighted by molar-refractivity contribution is -0.111. The van der Waals surface area contributed by atoms with Crippen LogP contribution in [0.2, 0.25) is 5.02 Å². The molecule has 4 heteroatoms. The summed E-state index contributed by atoms with van der Waals surface area (Å²) in [6.45, 7) is 6.08. The molecule has 2 aromatic carbocycles. The molecule has 0 fully saturated rings. The minimum absolute atomic E-state index is 0.253. The number of para-hydroxylation sites is 2. The van der Waals surface area contributed by atoms with Crippen LogP contribution in [0.4, 0.5) is 5.69 Å². The predicted molar refractivity (Wildman–Crippen MR) is 95.9 cm³/mol. The van der Waals surface area contributed by atoms with Crippen molar-refractivity contribution in [3.8, 4) is 5.75 Å². The highest BCUT2D eigenvalue weighted by Crippen LogP contribution is 2.24. The molecule has 3 nitrogen and oxygen atoms in total. The van der Waals surface area contributed by atoms with Crippen molar-refractivity contribution in [2.45, 2.75) is 6.92 Å². The molecule has 0 aromatic heterocycles. The van der Waals surface area contributed by atoms with Crippen LogP contribution in [0.3, 0.4) is 0 Å². The summed E-state index contributed by atoms with van der Waals surface area (Å²) in [7, 11) is 0. The number of hydrogen-bond donors (Lipinski definition) is 1. The minimum atomic E-state index is -0.253. The van der Waals surface area contributed by atoms with Crippen LogP contribution in [0.5, 0.6) is 5.75 Å². The molecule has 0 aliphatic heterocycles. The third kappa shape index (κ3) is 5.31. The summed E-state index contributed by atoms with van der Waals surface area (Å²) < 4.78 is 5.62. The Morgan fingerprint density at radius 2 is 1.91 bits per heavy atom. The van der Waals surface area contributed by atoms with Gasteiger partial charge in [0.2, 0.25) is 5.91 Å². The van der Waals surface area contributed by atoms with E-state index in [2.05, 4.69) is 11.9 Å². The molecule has 0 spiro atoms. The largest absolute Gasteiger partial charge is 0.487 e. The molecule has 0 saturated heterocycles. The van der Waals surface area contributed by atoms with Crippen LogP contribution in [0, 0.1) is 0 Å². The van der Waals surface area contributed by atoms with Gasteiger partial charge in [-0.15, -0.1) is 0 Å². The van der Waals surface area contributed by atoms with E-state index in [1.165, 1.54) is 6.08 Å². The number of benzene rings is 2. The number of halogens is 1. The van der Waals surface area contributed by atoms with E-state index in [0.717, 1.165) is 11.1 Å². The Hall–Kier alpha value is -2.52. The van der Waals surface area contributed by atoms with Gasteiger partial charge < -0.3 is 10.1 Å². The van der Waals surface area contributed by atoms with E-state index in [-0.39, 0.29) is 5.91 Å². The molecule has 2 rings (SSSR count). The van der Waals surface area contributed by atoms with Crippen LogP contribution in [-0.4, -0.2) is 12.5 Å². The van der Waals surface area contributed by atoms with Gasteiger partial charge in [0.25, 0.3) is 0 Å². The van der Waals surface area contributed by atoms with Gasteiger partial charge in [0.1, 0.15) is 12.4 Å². The van der Waals surface area contributed by atoms with Gasteiger partial charge in [0.05, 0.1) is 5.69 Å². The van der Waals surface area contributed by atoms with Crippen LogP contribution in [0.1, 0.15) is 12.5 Å². The lowest BCUT2D eigenvalue weighted by Crippen LogP contribution is -2.10. The van der Waals surface area contributed by atoms with Gasteiger partial charge in [0, 0.05) is 11.1 Å². The molecular weight excluding hydrogens is 310 g/mol. The van der Waals surface area contributed by atoms with Crippen molar-refractivity contribution >= 4 is 29.3 Å². The number of carbonyl (C=O) groups excluding carboxylic acids is 1. The van der Waals surface area contributed by atoms with Crippen LogP contribution in [-0.2, 0) is 4.79 Å². The Kier molecular flexibility index (Phi) is 6.01. The standard InChI is InChI=1S/C19H18ClNO2/c1-14(2)13-23-18-10-6-5-9-17(18)21-19(22)12-11-15-7-3-4-8-16(15)20/h3-12H,1,13H2,2H3,(H,21,22)/b12-11+. The highest BCUT2D eigenvalue weighted by atomic mass is 35.5. The first-order chi connectivity index (χ1) is 11.1. The van der Waals surface area contributed by atoms with Gasteiger partial charge in [-0.05, 0) is 42.3 Å². The molecule has 1 N–H and O–H groups in total. The van der Waals surface area contributed by atoms with E-state index in [1.54, 1.807) is 24.3 Å². The number of anilines is 1. The fourth-order valence-electron chi connectivity index (χ4n) is 1.85. The highest BCUT2D eigenvalue weighted by Gasteiger charge is 2.05. The zero-order valence-corrected chi connectivity index (χ0v) is 13.6. The molecule has 0 radical (unpaired) electrons. The van der Waals surface area contributed by atoms with Gasteiger partial charge >= 0.3 is 0 Å². The average Bonchev–Trinajstić information content (AvgIpc) is 2.53. The third-order valence-corrected chi connectivity index (χ3v) is 3.28. The van der Waals surface area contributed by atoms with Crippen molar-refractivity contribution in [2.75, 3.05) is 11.9 Å². The number of carbonyl (C=O) groups is 1. The number of amides is 1. The molecule has 1 amide bonds. The first kappa shape index (κ1) is 16.8. The summed E-state index contributed by atoms with van der Waals surface area (Å²) in [6, 6.07) is 14.6. The Morgan fingerprint density at radius 3 is 2.65 bits per heavy atom. The molecule has 0 unspecified atom stereocenters. The maximum Gasteiger partial charge on any atom is 0.248 e. The molecular formula is C19H18ClNO2. The fourth-order valence-corrected chi connectivity index (χ4v) is 2.05. The third-order valence-electron chi connectivity index (χ3n) is 2.94. The topological polar surface area (TPSA) is 38.3 Å². The van der Waals surface area contributed by atoms with Gasteiger partial charge in [0.15, 0.2) is 0 Å². The second-order valence-corrected chi connectivity index (χ2v) is 5.49. The quantitative estimate of drug-likeness (QED) is 0.602. The van der Waals surface area contributed by atoms with Gasteiger partial charge in [-0.3, -0.25) is 4.79 Å².